The van der Waals surface area contributed by atoms with Crippen LogP contribution < -0.4 is 10.6 Å². The highest BCUT2D eigenvalue weighted by Gasteiger charge is 2.09. The van der Waals surface area contributed by atoms with Crippen LogP contribution in [-0.2, 0) is 32.1 Å². The van der Waals surface area contributed by atoms with E-state index in [1.165, 1.54) is 0 Å². The van der Waals surface area contributed by atoms with Gasteiger partial charge in [-0.25, -0.2) is 0 Å². The molecule has 2 aromatic carbocycles. The van der Waals surface area contributed by atoms with Crippen molar-refractivity contribution in [3.8, 4) is 0 Å². The molecule has 0 aliphatic carbocycles. The molecule has 2 aromatic rings. The summed E-state index contributed by atoms with van der Waals surface area (Å²) in [6.07, 6.45) is 0.254. The van der Waals surface area contributed by atoms with Crippen LogP contribution in [0.1, 0.15) is 17.5 Å². The molecule has 0 bridgehead atoms. The molecule has 7 heteroatoms. The van der Waals surface area contributed by atoms with Gasteiger partial charge in [-0.2, -0.15) is 0 Å². The number of benzene rings is 2. The highest BCUT2D eigenvalue weighted by molar-refractivity contribution is 6.30. The summed E-state index contributed by atoms with van der Waals surface area (Å²) in [4.78, 5) is 35.1. The lowest BCUT2D eigenvalue weighted by molar-refractivity contribution is -0.148. The molecule has 0 heterocycles. The molecule has 142 valence electrons. The van der Waals surface area contributed by atoms with E-state index in [0.29, 0.717) is 11.6 Å². The summed E-state index contributed by atoms with van der Waals surface area (Å²) in [6.45, 7) is 0.0957. The Balaban J connectivity index is 1.57. The number of halogens is 1. The third-order valence-electron chi connectivity index (χ3n) is 3.60. The molecular formula is C20H21ClN2O4. The summed E-state index contributed by atoms with van der Waals surface area (Å²) in [5, 5.41) is 5.87. The first-order chi connectivity index (χ1) is 13.0. The summed E-state index contributed by atoms with van der Waals surface area (Å²) < 4.78 is 4.89. The van der Waals surface area contributed by atoms with Crippen molar-refractivity contribution in [1.29, 1.82) is 0 Å². The lowest BCUT2D eigenvalue weighted by Gasteiger charge is -2.08. The molecule has 0 fully saturated rings. The fraction of sp³-hybridized carbons (Fsp3) is 0.250. The summed E-state index contributed by atoms with van der Waals surface area (Å²) in [6, 6.07) is 16.4. The average molecular weight is 389 g/mol. The maximum Gasteiger partial charge on any atom is 0.308 e. The van der Waals surface area contributed by atoms with Gasteiger partial charge in [-0.15, -0.1) is 0 Å². The van der Waals surface area contributed by atoms with Gasteiger partial charge in [0.15, 0.2) is 6.61 Å². The zero-order valence-corrected chi connectivity index (χ0v) is 15.5. The van der Waals surface area contributed by atoms with Crippen LogP contribution in [0.5, 0.6) is 0 Å². The van der Waals surface area contributed by atoms with E-state index < -0.39 is 11.9 Å². The molecule has 0 spiro atoms. The number of carbonyl (C=O) groups excluding carboxylic acids is 3. The second-order valence-electron chi connectivity index (χ2n) is 5.83. The van der Waals surface area contributed by atoms with Crippen LogP contribution in [0.4, 0.5) is 0 Å². The predicted molar refractivity (Wildman–Crippen MR) is 102 cm³/mol. The number of rotatable bonds is 9. The minimum atomic E-state index is -0.548. The van der Waals surface area contributed by atoms with E-state index in [1.54, 1.807) is 18.2 Å². The van der Waals surface area contributed by atoms with E-state index in [2.05, 4.69) is 10.6 Å². The molecule has 2 N–H and O–H groups in total. The quantitative estimate of drug-likeness (QED) is 0.645. The van der Waals surface area contributed by atoms with Crippen LogP contribution in [0.25, 0.3) is 0 Å². The van der Waals surface area contributed by atoms with Gasteiger partial charge in [0, 0.05) is 18.1 Å². The molecule has 0 saturated heterocycles. The van der Waals surface area contributed by atoms with Crippen molar-refractivity contribution in [2.75, 3.05) is 13.2 Å². The second-order valence-corrected chi connectivity index (χ2v) is 6.27. The minimum absolute atomic E-state index is 0.00209. The maximum atomic E-state index is 11.8. The third-order valence-corrected chi connectivity index (χ3v) is 3.84. The molecule has 0 atom stereocenters. The predicted octanol–water partition coefficient (Wildman–Crippen LogP) is 2.25. The number of carbonyl (C=O) groups is 3. The Bertz CT molecular complexity index is 781. The number of hydrogen-bond acceptors (Lipinski definition) is 4. The van der Waals surface area contributed by atoms with Gasteiger partial charge in [0.25, 0.3) is 5.91 Å². The van der Waals surface area contributed by atoms with Crippen LogP contribution in [-0.4, -0.2) is 30.9 Å². The highest BCUT2D eigenvalue weighted by Crippen LogP contribution is 2.10. The zero-order chi connectivity index (χ0) is 19.5. The molecule has 0 saturated carbocycles. The lowest BCUT2D eigenvalue weighted by Crippen LogP contribution is -2.30. The van der Waals surface area contributed by atoms with E-state index in [-0.39, 0.29) is 31.9 Å². The van der Waals surface area contributed by atoms with E-state index in [9.17, 15) is 14.4 Å². The van der Waals surface area contributed by atoms with Gasteiger partial charge in [-0.3, -0.25) is 14.4 Å². The fourth-order valence-corrected chi connectivity index (χ4v) is 2.48. The van der Waals surface area contributed by atoms with Crippen molar-refractivity contribution in [3.05, 3.63) is 70.7 Å². The largest absolute Gasteiger partial charge is 0.456 e. The minimum Gasteiger partial charge on any atom is -0.456 e. The van der Waals surface area contributed by atoms with Crippen LogP contribution in [0.2, 0.25) is 5.02 Å². The summed E-state index contributed by atoms with van der Waals surface area (Å²) >= 11 is 5.87. The Kier molecular flexibility index (Phi) is 8.32. The van der Waals surface area contributed by atoms with Crippen molar-refractivity contribution < 1.29 is 19.1 Å². The molecular weight excluding hydrogens is 368 g/mol. The highest BCUT2D eigenvalue weighted by atomic mass is 35.5. The van der Waals surface area contributed by atoms with Gasteiger partial charge in [0.1, 0.15) is 0 Å². The molecule has 0 aliphatic heterocycles. The van der Waals surface area contributed by atoms with Gasteiger partial charge in [-0.05, 0) is 23.3 Å². The van der Waals surface area contributed by atoms with E-state index in [4.69, 9.17) is 16.3 Å². The smallest absolute Gasteiger partial charge is 0.308 e. The van der Waals surface area contributed by atoms with Gasteiger partial charge in [0.2, 0.25) is 5.91 Å². The average Bonchev–Trinajstić information content (AvgIpc) is 2.65. The number of hydrogen-bond donors (Lipinski definition) is 2. The number of esters is 1. The number of ether oxygens (including phenoxy) is 1. The topological polar surface area (TPSA) is 84.5 Å². The zero-order valence-electron chi connectivity index (χ0n) is 14.7. The normalized spacial score (nSPS) is 10.1. The Labute approximate surface area is 162 Å². The van der Waals surface area contributed by atoms with Crippen LogP contribution in [0.3, 0.4) is 0 Å². The van der Waals surface area contributed by atoms with Crippen molar-refractivity contribution >= 4 is 29.4 Å². The maximum absolute atomic E-state index is 11.8. The van der Waals surface area contributed by atoms with Gasteiger partial charge in [-0.1, -0.05) is 54.1 Å². The molecule has 6 nitrogen and oxygen atoms in total. The van der Waals surface area contributed by atoms with Gasteiger partial charge < -0.3 is 15.4 Å². The van der Waals surface area contributed by atoms with Gasteiger partial charge >= 0.3 is 5.97 Å². The Morgan fingerprint density at radius 1 is 0.889 bits per heavy atom. The molecule has 0 aromatic heterocycles. The number of amides is 2. The molecule has 2 amide bonds. The first-order valence-electron chi connectivity index (χ1n) is 8.50. The fourth-order valence-electron chi connectivity index (χ4n) is 2.26. The van der Waals surface area contributed by atoms with Crippen molar-refractivity contribution in [2.45, 2.75) is 19.4 Å². The van der Waals surface area contributed by atoms with Crippen LogP contribution >= 0.6 is 11.6 Å². The summed E-state index contributed by atoms with van der Waals surface area (Å²) in [5.74, 6) is -1.13. The lowest BCUT2D eigenvalue weighted by atomic mass is 10.1. The van der Waals surface area contributed by atoms with E-state index >= 15 is 0 Å². The molecule has 0 unspecified atom stereocenters. The third kappa shape index (κ3) is 8.37. The second kappa shape index (κ2) is 11.0. The van der Waals surface area contributed by atoms with Crippen LogP contribution in [0.15, 0.2) is 54.6 Å². The Morgan fingerprint density at radius 2 is 1.63 bits per heavy atom. The van der Waals surface area contributed by atoms with E-state index in [1.807, 2.05) is 36.4 Å². The molecule has 27 heavy (non-hydrogen) atoms. The van der Waals surface area contributed by atoms with Crippen LogP contribution in [0, 0.1) is 0 Å². The first-order valence-corrected chi connectivity index (χ1v) is 8.88. The monoisotopic (exact) mass is 388 g/mol. The molecule has 2 rings (SSSR count). The standard InChI is InChI=1S/C20H21ClN2O4/c21-17-8-4-7-16(11-17)13-23-19(25)14-27-20(26)9-10-22-18(24)12-15-5-2-1-3-6-15/h1-8,11H,9-10,12-14H2,(H,22,24)(H,23,25). The molecule has 0 radical (unpaired) electrons. The van der Waals surface area contributed by atoms with Gasteiger partial charge in [0.05, 0.1) is 12.8 Å². The van der Waals surface area contributed by atoms with E-state index in [0.717, 1.165) is 11.1 Å². The number of nitrogens with one attached hydrogen (secondary N) is 2. The summed E-state index contributed by atoms with van der Waals surface area (Å²) in [7, 11) is 0. The Morgan fingerprint density at radius 3 is 2.37 bits per heavy atom. The molecule has 0 aliphatic rings. The first kappa shape index (κ1) is 20.5. The van der Waals surface area contributed by atoms with Crippen molar-refractivity contribution in [1.82, 2.24) is 10.6 Å². The summed E-state index contributed by atoms with van der Waals surface area (Å²) in [5.41, 5.74) is 1.75. The van der Waals surface area contributed by atoms with Crippen molar-refractivity contribution in [2.24, 2.45) is 0 Å². The SMILES string of the molecule is O=C(COC(=O)CCNC(=O)Cc1ccccc1)NCc1cccc(Cl)c1. The van der Waals surface area contributed by atoms with Crippen molar-refractivity contribution in [3.63, 3.8) is 0 Å². The Hall–Kier alpha value is -2.86.